The van der Waals surface area contributed by atoms with Crippen molar-refractivity contribution in [3.8, 4) is 0 Å². The number of carbonyl (C=O) groups is 2. The molecule has 0 aliphatic heterocycles. The molecule has 1 aromatic heterocycles. The molecule has 3 rings (SSSR count). The molecule has 0 aliphatic rings. The summed E-state index contributed by atoms with van der Waals surface area (Å²) in [6.07, 6.45) is 3.32. The molecule has 9 nitrogen and oxygen atoms in total. The first-order valence-corrected chi connectivity index (χ1v) is 14.4. The predicted octanol–water partition coefficient (Wildman–Crippen LogP) is 4.43. The number of sulfone groups is 1. The number of esters is 1. The lowest BCUT2D eigenvalue weighted by atomic mass is 10.2. The van der Waals surface area contributed by atoms with Crippen LogP contribution in [0.15, 0.2) is 71.2 Å². The van der Waals surface area contributed by atoms with Crippen molar-refractivity contribution in [1.29, 1.82) is 0 Å². The third-order valence-corrected chi connectivity index (χ3v) is 7.85. The van der Waals surface area contributed by atoms with E-state index >= 15 is 0 Å². The minimum absolute atomic E-state index is 0.00512. The Labute approximate surface area is 221 Å². The largest absolute Gasteiger partial charge is 0.462 e. The lowest BCUT2D eigenvalue weighted by Crippen LogP contribution is -2.16. The number of allylic oxidation sites excluding steroid dienone is 1. The number of unbranched alkanes of at least 4 members (excludes halogenated alkanes) is 1. The number of aromatic nitrogens is 3. The average Bonchev–Trinajstić information content (AvgIpc) is 3.24. The zero-order chi connectivity index (χ0) is 26.8. The second kappa shape index (κ2) is 13.2. The minimum Gasteiger partial charge on any atom is -0.462 e. The summed E-state index contributed by atoms with van der Waals surface area (Å²) in [6, 6.07) is 13.2. The number of anilines is 1. The van der Waals surface area contributed by atoms with E-state index in [9.17, 15) is 18.0 Å². The molecule has 0 saturated carbocycles. The van der Waals surface area contributed by atoms with E-state index in [1.54, 1.807) is 59.2 Å². The normalized spacial score (nSPS) is 11.2. The number of thioether (sulfide) groups is 1. The van der Waals surface area contributed by atoms with Crippen molar-refractivity contribution >= 4 is 39.2 Å². The Morgan fingerprint density at radius 2 is 1.92 bits per heavy atom. The van der Waals surface area contributed by atoms with Crippen LogP contribution in [-0.4, -0.2) is 47.4 Å². The summed E-state index contributed by atoms with van der Waals surface area (Å²) in [7, 11) is -3.63. The number of amides is 1. The molecular weight excluding hydrogens is 512 g/mol. The predicted molar refractivity (Wildman–Crippen MR) is 143 cm³/mol. The van der Waals surface area contributed by atoms with Crippen molar-refractivity contribution in [3.63, 3.8) is 0 Å². The molecule has 1 amide bonds. The highest BCUT2D eigenvalue weighted by molar-refractivity contribution is 7.99. The zero-order valence-electron chi connectivity index (χ0n) is 20.8. The van der Waals surface area contributed by atoms with E-state index < -0.39 is 15.8 Å². The second-order valence-electron chi connectivity index (χ2n) is 8.28. The van der Waals surface area contributed by atoms with Gasteiger partial charge in [-0.05, 0) is 43.7 Å². The third kappa shape index (κ3) is 8.02. The molecule has 0 fully saturated rings. The molecule has 0 bridgehead atoms. The maximum absolute atomic E-state index is 12.9. The van der Waals surface area contributed by atoms with Gasteiger partial charge >= 0.3 is 5.97 Å². The van der Waals surface area contributed by atoms with Gasteiger partial charge in [-0.25, -0.2) is 13.2 Å². The highest BCUT2D eigenvalue weighted by Crippen LogP contribution is 2.22. The van der Waals surface area contributed by atoms with Crippen LogP contribution in [0.4, 0.5) is 5.69 Å². The van der Waals surface area contributed by atoms with Gasteiger partial charge in [-0.15, -0.1) is 16.8 Å². The van der Waals surface area contributed by atoms with Gasteiger partial charge in [0, 0.05) is 12.2 Å². The molecule has 1 N–H and O–H groups in total. The molecule has 0 saturated heterocycles. The van der Waals surface area contributed by atoms with Crippen molar-refractivity contribution in [3.05, 3.63) is 78.1 Å². The lowest BCUT2D eigenvalue weighted by molar-refractivity contribution is -0.113. The van der Waals surface area contributed by atoms with Crippen LogP contribution < -0.4 is 5.32 Å². The molecule has 0 spiro atoms. The van der Waals surface area contributed by atoms with E-state index in [0.717, 1.165) is 30.2 Å². The van der Waals surface area contributed by atoms with Crippen LogP contribution in [-0.2, 0) is 31.7 Å². The number of nitrogens with one attached hydrogen (secondary N) is 1. The van der Waals surface area contributed by atoms with Crippen LogP contribution in [0.2, 0.25) is 0 Å². The summed E-state index contributed by atoms with van der Waals surface area (Å²) in [4.78, 5) is 24.9. The number of rotatable bonds is 13. The molecule has 0 atom stereocenters. The summed E-state index contributed by atoms with van der Waals surface area (Å²) in [5.74, 6) is -0.818. The number of ether oxygens (including phenoxy) is 1. The fourth-order valence-electron chi connectivity index (χ4n) is 3.29. The van der Waals surface area contributed by atoms with E-state index in [1.807, 2.05) is 13.8 Å². The number of hydrogen-bond donors (Lipinski definition) is 1. The van der Waals surface area contributed by atoms with Gasteiger partial charge in [0.15, 0.2) is 15.0 Å². The smallest absolute Gasteiger partial charge is 0.338 e. The van der Waals surface area contributed by atoms with Crippen LogP contribution in [0, 0.1) is 6.92 Å². The molecule has 2 aromatic carbocycles. The molecule has 1 heterocycles. The SMILES string of the molecule is C=CCn1c(CS(=O)(=O)c2ccc(C)cc2)nnc1SCC(=O)Nc1cccc(C(=O)OCCCC)c1. The maximum atomic E-state index is 12.9. The van der Waals surface area contributed by atoms with Gasteiger partial charge in [-0.2, -0.15) is 0 Å². The Bertz CT molecular complexity index is 1350. The second-order valence-corrected chi connectivity index (χ2v) is 11.2. The van der Waals surface area contributed by atoms with E-state index in [0.29, 0.717) is 23.0 Å². The number of carbonyl (C=O) groups excluding carboxylic acids is 2. The Morgan fingerprint density at radius 3 is 2.62 bits per heavy atom. The van der Waals surface area contributed by atoms with Crippen LogP contribution in [0.5, 0.6) is 0 Å². The first-order chi connectivity index (χ1) is 17.7. The zero-order valence-corrected chi connectivity index (χ0v) is 22.5. The molecular formula is C26H30N4O5S2. The number of hydrogen-bond acceptors (Lipinski definition) is 8. The average molecular weight is 543 g/mol. The summed E-state index contributed by atoms with van der Waals surface area (Å²) in [5.41, 5.74) is 1.78. The Hall–Kier alpha value is -3.44. The van der Waals surface area contributed by atoms with Crippen molar-refractivity contribution in [2.24, 2.45) is 0 Å². The summed E-state index contributed by atoms with van der Waals surface area (Å²) in [6.45, 7) is 8.26. The lowest BCUT2D eigenvalue weighted by Gasteiger charge is -2.10. The van der Waals surface area contributed by atoms with Gasteiger partial charge in [-0.1, -0.05) is 54.9 Å². The quantitative estimate of drug-likeness (QED) is 0.146. The fourth-order valence-corrected chi connectivity index (χ4v) is 5.33. The highest BCUT2D eigenvalue weighted by atomic mass is 32.2. The third-order valence-electron chi connectivity index (χ3n) is 5.25. The maximum Gasteiger partial charge on any atom is 0.338 e. The van der Waals surface area contributed by atoms with Crippen LogP contribution in [0.1, 0.15) is 41.5 Å². The van der Waals surface area contributed by atoms with Gasteiger partial charge in [0.2, 0.25) is 5.91 Å². The first kappa shape index (κ1) is 28.1. The molecule has 3 aromatic rings. The van der Waals surface area contributed by atoms with E-state index in [-0.39, 0.29) is 34.7 Å². The number of benzene rings is 2. The molecule has 37 heavy (non-hydrogen) atoms. The molecule has 0 radical (unpaired) electrons. The van der Waals surface area contributed by atoms with Crippen molar-refractivity contribution in [2.75, 3.05) is 17.7 Å². The van der Waals surface area contributed by atoms with Gasteiger partial charge in [-0.3, -0.25) is 4.79 Å². The summed E-state index contributed by atoms with van der Waals surface area (Å²) in [5, 5.41) is 11.3. The van der Waals surface area contributed by atoms with E-state index in [2.05, 4.69) is 22.1 Å². The molecule has 0 unspecified atom stereocenters. The van der Waals surface area contributed by atoms with Crippen LogP contribution in [0.3, 0.4) is 0 Å². The van der Waals surface area contributed by atoms with Crippen molar-refractivity contribution in [1.82, 2.24) is 14.8 Å². The molecule has 11 heteroatoms. The van der Waals surface area contributed by atoms with Gasteiger partial charge in [0.1, 0.15) is 11.6 Å². The van der Waals surface area contributed by atoms with Crippen molar-refractivity contribution < 1.29 is 22.7 Å². The highest BCUT2D eigenvalue weighted by Gasteiger charge is 2.22. The fraction of sp³-hybridized carbons (Fsp3) is 0.308. The van der Waals surface area contributed by atoms with Crippen LogP contribution in [0.25, 0.3) is 0 Å². The Balaban J connectivity index is 1.64. The first-order valence-electron chi connectivity index (χ1n) is 11.8. The van der Waals surface area contributed by atoms with Gasteiger partial charge < -0.3 is 14.6 Å². The van der Waals surface area contributed by atoms with Gasteiger partial charge in [0.25, 0.3) is 0 Å². The molecule has 196 valence electrons. The minimum atomic E-state index is -3.63. The molecule has 0 aliphatic carbocycles. The number of aryl methyl sites for hydroxylation is 1. The monoisotopic (exact) mass is 542 g/mol. The van der Waals surface area contributed by atoms with E-state index in [4.69, 9.17) is 4.74 Å². The van der Waals surface area contributed by atoms with E-state index in [1.165, 1.54) is 0 Å². The summed E-state index contributed by atoms with van der Waals surface area (Å²) >= 11 is 1.13. The Morgan fingerprint density at radius 1 is 1.16 bits per heavy atom. The van der Waals surface area contributed by atoms with Crippen molar-refractivity contribution in [2.45, 2.75) is 49.0 Å². The standard InChI is InChI=1S/C26H30N4O5S2/c1-4-6-15-35-25(32)20-8-7-9-21(16-20)27-24(31)17-36-26-29-28-23(30(26)14-5-2)18-37(33,34)22-12-10-19(3)11-13-22/h5,7-13,16H,2,4,6,14-15,17-18H2,1,3H3,(H,27,31). The topological polar surface area (TPSA) is 120 Å². The number of nitrogens with zero attached hydrogens (tertiary/aromatic N) is 3. The Kier molecular flexibility index (Phi) is 10.0. The summed E-state index contributed by atoms with van der Waals surface area (Å²) < 4.78 is 32.6. The van der Waals surface area contributed by atoms with Gasteiger partial charge in [0.05, 0.1) is 22.8 Å². The van der Waals surface area contributed by atoms with Crippen LogP contribution >= 0.6 is 11.8 Å².